The fourth-order valence-electron chi connectivity index (χ4n) is 3.04. The van der Waals surface area contributed by atoms with E-state index in [1.807, 2.05) is 38.1 Å². The molecule has 160 valence electrons. The summed E-state index contributed by atoms with van der Waals surface area (Å²) in [7, 11) is 1.61. The molecule has 0 saturated heterocycles. The number of nitrogens with zero attached hydrogens (tertiary/aromatic N) is 3. The number of unbranched alkanes of at least 4 members (excludes halogenated alkanes) is 3. The van der Waals surface area contributed by atoms with Gasteiger partial charge < -0.3 is 9.64 Å². The molecule has 29 heavy (non-hydrogen) atoms. The molecule has 0 fully saturated rings. The lowest BCUT2D eigenvalue weighted by atomic mass is 10.0. The summed E-state index contributed by atoms with van der Waals surface area (Å²) >= 11 is 0. The number of benzene rings is 1. The van der Waals surface area contributed by atoms with Gasteiger partial charge in [0.2, 0.25) is 0 Å². The molecular weight excluding hydrogens is 379 g/mol. The van der Waals surface area contributed by atoms with Gasteiger partial charge in [0.05, 0.1) is 6.10 Å². The maximum absolute atomic E-state index is 13.6. The fourth-order valence-corrected chi connectivity index (χ4v) is 3.04. The van der Waals surface area contributed by atoms with Crippen molar-refractivity contribution in [2.75, 3.05) is 11.9 Å². The Morgan fingerprint density at radius 3 is 2.48 bits per heavy atom. The van der Waals surface area contributed by atoms with Gasteiger partial charge in [0, 0.05) is 18.9 Å². The van der Waals surface area contributed by atoms with Crippen LogP contribution in [0.1, 0.15) is 64.0 Å². The van der Waals surface area contributed by atoms with Gasteiger partial charge in [0.1, 0.15) is 5.56 Å². The minimum Gasteiger partial charge on any atom is -0.460 e. The monoisotopic (exact) mass is 409 g/mol. The summed E-state index contributed by atoms with van der Waals surface area (Å²) in [5.41, 5.74) is 0.835. The molecule has 1 heterocycles. The number of para-hydroxylation sites is 1. The maximum atomic E-state index is 13.6. The first-order valence-electron chi connectivity index (χ1n) is 10.2. The minimum absolute atomic E-state index is 0.0466. The van der Waals surface area contributed by atoms with Gasteiger partial charge in [-0.2, -0.15) is 18.2 Å². The van der Waals surface area contributed by atoms with Crippen LogP contribution in [-0.2, 0) is 12.6 Å². The van der Waals surface area contributed by atoms with Crippen molar-refractivity contribution in [1.82, 2.24) is 9.97 Å². The third-order valence-electron chi connectivity index (χ3n) is 4.90. The fraction of sp³-hybridized carbons (Fsp3) is 0.545. The van der Waals surface area contributed by atoms with Crippen molar-refractivity contribution >= 4 is 11.5 Å². The van der Waals surface area contributed by atoms with E-state index in [1.54, 1.807) is 7.05 Å². The van der Waals surface area contributed by atoms with Crippen LogP contribution >= 0.6 is 0 Å². The number of anilines is 2. The van der Waals surface area contributed by atoms with E-state index in [0.29, 0.717) is 12.1 Å². The summed E-state index contributed by atoms with van der Waals surface area (Å²) in [5.74, 6) is -0.202. The average Bonchev–Trinajstić information content (AvgIpc) is 2.70. The smallest absolute Gasteiger partial charge is 0.421 e. The topological polar surface area (TPSA) is 38.2 Å². The van der Waals surface area contributed by atoms with Crippen molar-refractivity contribution < 1.29 is 17.9 Å². The molecule has 1 atom stereocenters. The number of rotatable bonds is 10. The first-order valence-corrected chi connectivity index (χ1v) is 10.2. The third kappa shape index (κ3) is 6.34. The molecular formula is C22H30F3N3O. The van der Waals surface area contributed by atoms with Gasteiger partial charge >= 0.3 is 12.2 Å². The zero-order valence-electron chi connectivity index (χ0n) is 17.6. The van der Waals surface area contributed by atoms with E-state index in [1.165, 1.54) is 4.90 Å². The molecule has 2 rings (SSSR count). The molecule has 0 saturated carbocycles. The van der Waals surface area contributed by atoms with Crippen LogP contribution in [0.15, 0.2) is 30.5 Å². The molecule has 0 radical (unpaired) electrons. The summed E-state index contributed by atoms with van der Waals surface area (Å²) in [6.45, 7) is 5.90. The Morgan fingerprint density at radius 1 is 1.10 bits per heavy atom. The number of alkyl halides is 3. The first-order chi connectivity index (χ1) is 13.8. The molecule has 1 aromatic heterocycles. The molecule has 7 heteroatoms. The summed E-state index contributed by atoms with van der Waals surface area (Å²) < 4.78 is 46.4. The molecule has 1 unspecified atom stereocenters. The Hall–Kier alpha value is -2.31. The Bertz CT molecular complexity index is 780. The van der Waals surface area contributed by atoms with Gasteiger partial charge in [-0.25, -0.2) is 4.98 Å². The molecule has 4 nitrogen and oxygen atoms in total. The lowest BCUT2D eigenvalue weighted by Gasteiger charge is -2.25. The summed E-state index contributed by atoms with van der Waals surface area (Å²) in [6.07, 6.45) is 1.96. The second-order valence-electron chi connectivity index (χ2n) is 7.22. The number of hydrogen-bond donors (Lipinski definition) is 0. The molecule has 2 aromatic rings. The highest BCUT2D eigenvalue weighted by Crippen LogP contribution is 2.38. The summed E-state index contributed by atoms with van der Waals surface area (Å²) in [4.78, 5) is 9.40. The first kappa shape index (κ1) is 23.0. The Kier molecular flexibility index (Phi) is 8.29. The van der Waals surface area contributed by atoms with Crippen LogP contribution in [-0.4, -0.2) is 23.1 Å². The standard InChI is InChI=1S/C22H30F3N3O/c1-5-7-8-9-12-17-13-10-11-14-19(17)28(4)20-18(22(23,24)25)15-26-21(27-20)29-16(3)6-2/h10-11,13-16H,5-9,12H2,1-4H3. The molecule has 1 aromatic carbocycles. The Morgan fingerprint density at radius 2 is 1.83 bits per heavy atom. The predicted molar refractivity (Wildman–Crippen MR) is 110 cm³/mol. The number of halogens is 3. The quantitative estimate of drug-likeness (QED) is 0.416. The van der Waals surface area contributed by atoms with Gasteiger partial charge in [0.15, 0.2) is 5.82 Å². The van der Waals surface area contributed by atoms with Gasteiger partial charge in [-0.15, -0.1) is 0 Å². The van der Waals surface area contributed by atoms with E-state index in [4.69, 9.17) is 4.74 Å². The predicted octanol–water partition coefficient (Wildman–Crippen LogP) is 6.56. The lowest BCUT2D eigenvalue weighted by Crippen LogP contribution is -2.21. The van der Waals surface area contributed by atoms with Crippen LogP contribution in [0.4, 0.5) is 24.7 Å². The van der Waals surface area contributed by atoms with Crippen LogP contribution in [0.3, 0.4) is 0 Å². The highest BCUT2D eigenvalue weighted by atomic mass is 19.4. The van der Waals surface area contributed by atoms with Crippen molar-refractivity contribution in [3.05, 3.63) is 41.6 Å². The molecule has 0 N–H and O–H groups in total. The van der Waals surface area contributed by atoms with Crippen LogP contribution in [0.5, 0.6) is 6.01 Å². The number of aryl methyl sites for hydroxylation is 1. The largest absolute Gasteiger partial charge is 0.460 e. The van der Waals surface area contributed by atoms with E-state index in [9.17, 15) is 13.2 Å². The lowest BCUT2D eigenvalue weighted by molar-refractivity contribution is -0.137. The second-order valence-corrected chi connectivity index (χ2v) is 7.22. The number of aromatic nitrogens is 2. The van der Waals surface area contributed by atoms with E-state index in [2.05, 4.69) is 16.9 Å². The Labute approximate surface area is 171 Å². The molecule has 0 spiro atoms. The van der Waals surface area contributed by atoms with Gasteiger partial charge in [0.25, 0.3) is 0 Å². The number of hydrogen-bond acceptors (Lipinski definition) is 4. The van der Waals surface area contributed by atoms with E-state index >= 15 is 0 Å². The zero-order valence-corrected chi connectivity index (χ0v) is 17.6. The zero-order chi connectivity index (χ0) is 21.4. The molecule has 0 bridgehead atoms. The van der Waals surface area contributed by atoms with Gasteiger partial charge in [-0.1, -0.05) is 51.3 Å². The summed E-state index contributed by atoms with van der Waals surface area (Å²) in [5, 5.41) is 0. The molecule has 0 aliphatic rings. The van der Waals surface area contributed by atoms with Crippen LogP contribution in [0.2, 0.25) is 0 Å². The summed E-state index contributed by atoms with van der Waals surface area (Å²) in [6, 6.07) is 7.48. The average molecular weight is 409 g/mol. The van der Waals surface area contributed by atoms with E-state index in [0.717, 1.165) is 43.9 Å². The normalized spacial score (nSPS) is 12.7. The molecule has 0 amide bonds. The maximum Gasteiger partial charge on any atom is 0.421 e. The highest BCUT2D eigenvalue weighted by Gasteiger charge is 2.37. The van der Waals surface area contributed by atoms with E-state index in [-0.39, 0.29) is 17.9 Å². The van der Waals surface area contributed by atoms with Crippen molar-refractivity contribution in [2.45, 2.75) is 71.6 Å². The third-order valence-corrected chi connectivity index (χ3v) is 4.90. The SMILES string of the molecule is CCCCCCc1ccccc1N(C)c1nc(OC(C)CC)ncc1C(F)(F)F. The van der Waals surface area contributed by atoms with Crippen LogP contribution in [0.25, 0.3) is 0 Å². The van der Waals surface area contributed by atoms with Crippen molar-refractivity contribution in [1.29, 1.82) is 0 Å². The Balaban J connectivity index is 2.40. The number of ether oxygens (including phenoxy) is 1. The molecule has 0 aliphatic heterocycles. The molecule has 0 aliphatic carbocycles. The minimum atomic E-state index is -4.56. The van der Waals surface area contributed by atoms with Crippen molar-refractivity contribution in [3.63, 3.8) is 0 Å². The van der Waals surface area contributed by atoms with Crippen molar-refractivity contribution in [2.24, 2.45) is 0 Å². The van der Waals surface area contributed by atoms with Gasteiger partial charge in [-0.3, -0.25) is 0 Å². The highest BCUT2D eigenvalue weighted by molar-refractivity contribution is 5.66. The second kappa shape index (κ2) is 10.5. The van der Waals surface area contributed by atoms with Gasteiger partial charge in [-0.05, 0) is 37.8 Å². The van der Waals surface area contributed by atoms with Crippen LogP contribution < -0.4 is 9.64 Å². The van der Waals surface area contributed by atoms with Crippen LogP contribution in [0, 0.1) is 0 Å². The van der Waals surface area contributed by atoms with Crippen molar-refractivity contribution in [3.8, 4) is 6.01 Å². The van der Waals surface area contributed by atoms with E-state index < -0.39 is 11.7 Å².